The molecule has 8 nitrogen and oxygen atoms in total. The molecule has 0 saturated carbocycles. The second-order valence-electron chi connectivity index (χ2n) is 18.1. The number of hydrogen-bond acceptors (Lipinski definition) is 7. The summed E-state index contributed by atoms with van der Waals surface area (Å²) in [5.74, 6) is -1.03. The minimum atomic E-state index is -1.03. The number of nitrogens with zero attached hydrogens (tertiary/aromatic N) is 6. The molecule has 6 aromatic carbocycles. The van der Waals surface area contributed by atoms with E-state index < -0.39 is 5.97 Å². The summed E-state index contributed by atoms with van der Waals surface area (Å²) in [5, 5.41) is 9.69. The first kappa shape index (κ1) is 47.2. The van der Waals surface area contributed by atoms with Gasteiger partial charge in [0.15, 0.2) is 0 Å². The normalized spacial score (nSPS) is 11.3. The van der Waals surface area contributed by atoms with Crippen molar-refractivity contribution in [2.45, 2.75) is 27.7 Å². The molecule has 4 heterocycles. The third-order valence-corrected chi connectivity index (χ3v) is 12.6. The fourth-order valence-corrected chi connectivity index (χ4v) is 9.00. The summed E-state index contributed by atoms with van der Waals surface area (Å²) >= 11 is 0. The van der Waals surface area contributed by atoms with Gasteiger partial charge >= 0.3 is 5.97 Å². The van der Waals surface area contributed by atoms with Gasteiger partial charge in [-0.25, -0.2) is 14.8 Å². The summed E-state index contributed by atoms with van der Waals surface area (Å²) in [6.07, 6.45) is 11.7. The molecular formula is C65H52N6O2. The summed E-state index contributed by atoms with van der Waals surface area (Å²) < 4.78 is 0. The monoisotopic (exact) mass is 948 g/mol. The Morgan fingerprint density at radius 3 is 1.33 bits per heavy atom. The topological polar surface area (TPSA) is 95.3 Å². The molecule has 4 aromatic heterocycles. The van der Waals surface area contributed by atoms with E-state index in [1.807, 2.05) is 60.8 Å². The molecule has 8 heteroatoms. The molecule has 0 fully saturated rings. The number of aromatic carboxylic acids is 1. The minimum Gasteiger partial charge on any atom is -0.478 e. The Morgan fingerprint density at radius 2 is 0.808 bits per heavy atom. The molecule has 0 aliphatic rings. The molecule has 10 aromatic rings. The van der Waals surface area contributed by atoms with E-state index in [4.69, 9.17) is 15.0 Å². The van der Waals surface area contributed by atoms with Crippen LogP contribution in [0.25, 0.3) is 58.5 Å². The first-order valence-electron chi connectivity index (χ1n) is 24.2. The predicted molar refractivity (Wildman–Crippen MR) is 300 cm³/mol. The molecule has 0 saturated heterocycles. The molecular weight excluding hydrogens is 897 g/mol. The second kappa shape index (κ2) is 21.2. The van der Waals surface area contributed by atoms with Crippen molar-refractivity contribution in [1.29, 1.82) is 0 Å². The van der Waals surface area contributed by atoms with E-state index in [9.17, 15) is 9.90 Å². The number of aryl methyl sites for hydroxylation is 4. The lowest BCUT2D eigenvalue weighted by molar-refractivity contribution is 0.0696. The molecule has 0 atom stereocenters. The number of para-hydroxylation sites is 2. The van der Waals surface area contributed by atoms with Crippen LogP contribution in [0.3, 0.4) is 0 Å². The number of carbonyl (C=O) groups is 1. The average molecular weight is 949 g/mol. The van der Waals surface area contributed by atoms with Gasteiger partial charge in [-0.05, 0) is 170 Å². The van der Waals surface area contributed by atoms with Gasteiger partial charge < -0.3 is 14.9 Å². The van der Waals surface area contributed by atoms with Crippen molar-refractivity contribution in [2.75, 3.05) is 9.80 Å². The Kier molecular flexibility index (Phi) is 13.7. The fourth-order valence-electron chi connectivity index (χ4n) is 9.00. The number of carboxylic acid groups (broad SMARTS) is 1. The first-order chi connectivity index (χ1) is 35.6. The number of anilines is 6. The first-order valence-corrected chi connectivity index (χ1v) is 24.2. The Hall–Kier alpha value is -9.53. The smallest absolute Gasteiger partial charge is 0.335 e. The third-order valence-electron chi connectivity index (χ3n) is 12.6. The van der Waals surface area contributed by atoms with E-state index in [1.165, 1.54) is 40.6 Å². The van der Waals surface area contributed by atoms with Crippen LogP contribution in [-0.4, -0.2) is 31.0 Å². The Bertz CT molecular complexity index is 3650. The van der Waals surface area contributed by atoms with Gasteiger partial charge in [-0.3, -0.25) is 9.97 Å². The summed E-state index contributed by atoms with van der Waals surface area (Å²) in [7, 11) is 0. The predicted octanol–water partition coefficient (Wildman–Crippen LogP) is 16.5. The van der Waals surface area contributed by atoms with Crippen molar-refractivity contribution >= 4 is 64.4 Å². The lowest BCUT2D eigenvalue weighted by Crippen LogP contribution is -2.11. The van der Waals surface area contributed by atoms with Crippen molar-refractivity contribution in [3.8, 4) is 34.2 Å². The van der Waals surface area contributed by atoms with Crippen LogP contribution in [0.5, 0.6) is 0 Å². The highest BCUT2D eigenvalue weighted by Gasteiger charge is 2.17. The van der Waals surface area contributed by atoms with Gasteiger partial charge in [0.05, 0.1) is 39.7 Å². The van der Waals surface area contributed by atoms with Crippen LogP contribution in [0.15, 0.2) is 213 Å². The molecule has 0 amide bonds. The zero-order chi connectivity index (χ0) is 50.3. The lowest BCUT2D eigenvalue weighted by atomic mass is 10.1. The highest BCUT2D eigenvalue weighted by Crippen LogP contribution is 2.39. The van der Waals surface area contributed by atoms with Gasteiger partial charge in [0, 0.05) is 46.5 Å². The average Bonchev–Trinajstić information content (AvgIpc) is 3.42. The van der Waals surface area contributed by atoms with E-state index in [0.29, 0.717) is 34.2 Å². The third kappa shape index (κ3) is 10.9. The molecule has 354 valence electrons. The van der Waals surface area contributed by atoms with E-state index in [0.717, 1.165) is 56.4 Å². The molecule has 0 aliphatic carbocycles. The lowest BCUT2D eigenvalue weighted by Gasteiger charge is -2.27. The van der Waals surface area contributed by atoms with Gasteiger partial charge in [-0.1, -0.05) is 126 Å². The number of aromatic nitrogens is 4. The van der Waals surface area contributed by atoms with Gasteiger partial charge in [-0.15, -0.1) is 0 Å². The molecule has 10 rings (SSSR count). The fraction of sp³-hybridized carbons (Fsp3) is 0.0615. The van der Waals surface area contributed by atoms with Crippen LogP contribution in [0.1, 0.15) is 54.9 Å². The van der Waals surface area contributed by atoms with Gasteiger partial charge in [0.2, 0.25) is 0 Å². The molecule has 0 bridgehead atoms. The van der Waals surface area contributed by atoms with Gasteiger partial charge in [0.1, 0.15) is 0 Å². The summed E-state index contributed by atoms with van der Waals surface area (Å²) in [5.41, 5.74) is 19.1. The Morgan fingerprint density at radius 1 is 0.384 bits per heavy atom. The molecule has 0 unspecified atom stereocenters. The van der Waals surface area contributed by atoms with Crippen molar-refractivity contribution < 1.29 is 9.90 Å². The van der Waals surface area contributed by atoms with Crippen molar-refractivity contribution in [3.63, 3.8) is 0 Å². The molecule has 73 heavy (non-hydrogen) atoms. The Balaban J connectivity index is 0.968. The van der Waals surface area contributed by atoms with Crippen LogP contribution in [0, 0.1) is 27.7 Å². The SMILES string of the molecule is Cc1ccc(N(c2ccccc2)c2ccc(/C=C/c3ccnc(-c4cc(/C=C/c5ccc(N(c6ccccc6)c6ccc(C)cc6C)cc5)cc(-c5cccc(-c6cc(C(=O)O)ccn6)n5)n4)c3)cc2)c(C)c1. The zero-order valence-electron chi connectivity index (χ0n) is 41.1. The summed E-state index contributed by atoms with van der Waals surface area (Å²) in [6.45, 7) is 8.56. The molecule has 0 spiro atoms. The van der Waals surface area contributed by atoms with Gasteiger partial charge in [-0.2, -0.15) is 0 Å². The maximum Gasteiger partial charge on any atom is 0.335 e. The number of carboxylic acids is 1. The number of hydrogen-bond donors (Lipinski definition) is 1. The van der Waals surface area contributed by atoms with E-state index in [2.05, 4.69) is 200 Å². The minimum absolute atomic E-state index is 0.135. The molecule has 0 radical (unpaired) electrons. The van der Waals surface area contributed by atoms with E-state index in [1.54, 1.807) is 0 Å². The van der Waals surface area contributed by atoms with Crippen molar-refractivity contribution in [1.82, 2.24) is 19.9 Å². The van der Waals surface area contributed by atoms with Crippen LogP contribution in [0.4, 0.5) is 34.1 Å². The number of rotatable bonds is 14. The summed E-state index contributed by atoms with van der Waals surface area (Å²) in [4.78, 5) is 35.8. The Labute approximate surface area is 426 Å². The van der Waals surface area contributed by atoms with Crippen LogP contribution < -0.4 is 9.80 Å². The highest BCUT2D eigenvalue weighted by molar-refractivity contribution is 5.89. The van der Waals surface area contributed by atoms with Crippen molar-refractivity contribution in [3.05, 3.63) is 263 Å². The van der Waals surface area contributed by atoms with Crippen LogP contribution in [0.2, 0.25) is 0 Å². The van der Waals surface area contributed by atoms with E-state index >= 15 is 0 Å². The number of pyridine rings is 4. The second-order valence-corrected chi connectivity index (χ2v) is 18.1. The standard InChI is InChI=1S/C65H52N6O2/c1-44-18-32-63(46(3)38-44)70(53-12-7-5-8-13-53)55-28-24-48(25-29-55)20-22-50-34-36-66-59(40-50)62-42-51(41-61(69-62)58-17-11-16-57(68-58)60-43-52(65(72)73)35-37-67-60)23-21-49-26-30-56(31-27-49)71(54-14-9-6-10-15-54)64-33-19-45(2)39-47(64)4/h5-43H,1-4H3,(H,72,73)/b22-20+,23-21+. The maximum absolute atomic E-state index is 11.8. The van der Waals surface area contributed by atoms with E-state index in [-0.39, 0.29) is 5.56 Å². The molecule has 0 aliphatic heterocycles. The van der Waals surface area contributed by atoms with Crippen LogP contribution >= 0.6 is 0 Å². The largest absolute Gasteiger partial charge is 0.478 e. The highest BCUT2D eigenvalue weighted by atomic mass is 16.4. The number of benzene rings is 6. The van der Waals surface area contributed by atoms with Crippen molar-refractivity contribution in [2.24, 2.45) is 0 Å². The summed E-state index contributed by atoms with van der Waals surface area (Å²) in [6, 6.07) is 67.9. The zero-order valence-corrected chi connectivity index (χ0v) is 41.1. The van der Waals surface area contributed by atoms with Gasteiger partial charge in [0.25, 0.3) is 0 Å². The molecule has 1 N–H and O–H groups in total. The quantitative estimate of drug-likeness (QED) is 0.115. The van der Waals surface area contributed by atoms with Crippen LogP contribution in [-0.2, 0) is 0 Å². The maximum atomic E-state index is 11.8.